The van der Waals surface area contributed by atoms with Crippen LogP contribution in [0.25, 0.3) is 0 Å². The fourth-order valence-electron chi connectivity index (χ4n) is 4.02. The van der Waals surface area contributed by atoms with E-state index in [1.54, 1.807) is 24.3 Å². The summed E-state index contributed by atoms with van der Waals surface area (Å²) in [5.74, 6) is -0.267. The number of ether oxygens (including phenoxy) is 2. The van der Waals surface area contributed by atoms with Crippen molar-refractivity contribution in [1.82, 2.24) is 0 Å². The third-order valence-electron chi connectivity index (χ3n) is 6.37. The smallest absolute Gasteiger partial charge is 0.338 e. The van der Waals surface area contributed by atoms with E-state index in [-0.39, 0.29) is 11.9 Å². The molecule has 0 spiro atoms. The van der Waals surface area contributed by atoms with Crippen molar-refractivity contribution in [2.45, 2.75) is 118 Å². The number of rotatable bonds is 20. The molecule has 0 aliphatic heterocycles. The molecule has 0 aliphatic carbocycles. The Balaban J connectivity index is 2.19. The molecular weight excluding hydrogens is 436 g/mol. The van der Waals surface area contributed by atoms with E-state index in [1.165, 1.54) is 63.4 Å². The van der Waals surface area contributed by atoms with Crippen molar-refractivity contribution in [3.05, 3.63) is 47.0 Å². The Hall–Kier alpha value is -2.10. The highest BCUT2D eigenvalue weighted by molar-refractivity contribution is 5.95. The lowest BCUT2D eigenvalue weighted by molar-refractivity contribution is 0.0484. The first-order valence-corrected chi connectivity index (χ1v) is 14.0. The molecule has 0 radical (unpaired) electrons. The van der Waals surface area contributed by atoms with Gasteiger partial charge in [0.05, 0.1) is 24.3 Å². The lowest BCUT2D eigenvalue weighted by Crippen LogP contribution is -2.11. The van der Waals surface area contributed by atoms with Crippen molar-refractivity contribution >= 4 is 11.9 Å². The molecule has 0 saturated heterocycles. The average Bonchev–Trinajstić information content (AvgIpc) is 2.84. The van der Waals surface area contributed by atoms with Crippen molar-refractivity contribution in [3.63, 3.8) is 0 Å². The van der Waals surface area contributed by atoms with Crippen LogP contribution in [0.4, 0.5) is 0 Å². The maximum atomic E-state index is 12.4. The normalized spacial score (nSPS) is 11.7. The molecule has 1 unspecified atom stereocenters. The molecule has 198 valence electrons. The fourth-order valence-corrected chi connectivity index (χ4v) is 4.02. The predicted molar refractivity (Wildman–Crippen MR) is 146 cm³/mol. The molecule has 35 heavy (non-hydrogen) atoms. The van der Waals surface area contributed by atoms with Gasteiger partial charge in [-0.2, -0.15) is 0 Å². The van der Waals surface area contributed by atoms with E-state index in [9.17, 15) is 9.59 Å². The van der Waals surface area contributed by atoms with E-state index < -0.39 is 0 Å². The Morgan fingerprint density at radius 1 is 0.771 bits per heavy atom. The standard InChI is InChI=1S/C31H50O4/c1-5-6-7-8-9-10-11-12-13-14-15-23-34-30(32)28-20-17-21-29(25-28)31(33)35-24-22-27(4)19-16-18-26(2)3/h17-18,20-21,25,27H,5-16,19,22-24H2,1-4H3. The monoisotopic (exact) mass is 486 g/mol. The average molecular weight is 487 g/mol. The molecule has 0 bridgehead atoms. The number of hydrogen-bond donors (Lipinski definition) is 0. The number of benzene rings is 1. The molecule has 0 heterocycles. The molecular formula is C31H50O4. The third kappa shape index (κ3) is 16.2. The quantitative estimate of drug-likeness (QED) is 0.105. The summed E-state index contributed by atoms with van der Waals surface area (Å²) in [7, 11) is 0. The lowest BCUT2D eigenvalue weighted by Gasteiger charge is -2.11. The number of hydrogen-bond acceptors (Lipinski definition) is 4. The highest BCUT2D eigenvalue weighted by atomic mass is 16.5. The Morgan fingerprint density at radius 3 is 1.83 bits per heavy atom. The number of carbonyl (C=O) groups excluding carboxylic acids is 2. The highest BCUT2D eigenvalue weighted by Gasteiger charge is 2.13. The van der Waals surface area contributed by atoms with E-state index in [2.05, 4.69) is 33.8 Å². The number of unbranched alkanes of at least 4 members (excludes halogenated alkanes) is 10. The zero-order chi connectivity index (χ0) is 25.7. The van der Waals surface area contributed by atoms with Crippen LogP contribution in [0, 0.1) is 5.92 Å². The van der Waals surface area contributed by atoms with Gasteiger partial charge in [-0.1, -0.05) is 95.8 Å². The van der Waals surface area contributed by atoms with Crippen molar-refractivity contribution < 1.29 is 19.1 Å². The van der Waals surface area contributed by atoms with Crippen molar-refractivity contribution in [3.8, 4) is 0 Å². The highest BCUT2D eigenvalue weighted by Crippen LogP contribution is 2.14. The van der Waals surface area contributed by atoms with Crippen LogP contribution in [0.1, 0.15) is 138 Å². The van der Waals surface area contributed by atoms with Gasteiger partial charge in [0.15, 0.2) is 0 Å². The van der Waals surface area contributed by atoms with Crippen LogP contribution in [0.3, 0.4) is 0 Å². The summed E-state index contributed by atoms with van der Waals surface area (Å²) in [6.45, 7) is 9.46. The Kier molecular flexibility index (Phi) is 17.8. The van der Waals surface area contributed by atoms with Crippen molar-refractivity contribution in [1.29, 1.82) is 0 Å². The van der Waals surface area contributed by atoms with Gasteiger partial charge in [0, 0.05) is 0 Å². The molecule has 1 aromatic rings. The molecule has 0 aromatic heterocycles. The SMILES string of the molecule is CCCCCCCCCCCCCOC(=O)c1cccc(C(=O)OCCC(C)CCC=C(C)C)c1. The minimum atomic E-state index is -0.387. The van der Waals surface area contributed by atoms with Gasteiger partial charge in [-0.05, 0) is 63.6 Å². The largest absolute Gasteiger partial charge is 0.462 e. The van der Waals surface area contributed by atoms with E-state index in [0.717, 1.165) is 32.1 Å². The van der Waals surface area contributed by atoms with Gasteiger partial charge in [-0.25, -0.2) is 9.59 Å². The minimum Gasteiger partial charge on any atom is -0.462 e. The fraction of sp³-hybridized carbons (Fsp3) is 0.677. The second kappa shape index (κ2) is 20.1. The lowest BCUT2D eigenvalue weighted by atomic mass is 10.0. The molecule has 0 aliphatic rings. The van der Waals surface area contributed by atoms with E-state index in [1.807, 2.05) is 0 Å². The second-order valence-electron chi connectivity index (χ2n) is 10.1. The topological polar surface area (TPSA) is 52.6 Å². The van der Waals surface area contributed by atoms with Crippen LogP contribution in [-0.2, 0) is 9.47 Å². The zero-order valence-electron chi connectivity index (χ0n) is 22.9. The summed E-state index contributed by atoms with van der Waals surface area (Å²) in [6.07, 6.45) is 19.1. The molecule has 1 atom stereocenters. The second-order valence-corrected chi connectivity index (χ2v) is 10.1. The molecule has 0 saturated carbocycles. The first-order valence-electron chi connectivity index (χ1n) is 14.0. The van der Waals surface area contributed by atoms with Gasteiger partial charge in [0.2, 0.25) is 0 Å². The Labute approximate surface area is 214 Å². The van der Waals surface area contributed by atoms with Gasteiger partial charge in [0.1, 0.15) is 0 Å². The number of esters is 2. The number of allylic oxidation sites excluding steroid dienone is 2. The summed E-state index contributed by atoms with van der Waals surface area (Å²) in [5, 5.41) is 0. The maximum absolute atomic E-state index is 12.4. The van der Waals surface area contributed by atoms with Gasteiger partial charge in [0.25, 0.3) is 0 Å². The first-order chi connectivity index (χ1) is 16.9. The summed E-state index contributed by atoms with van der Waals surface area (Å²) >= 11 is 0. The van der Waals surface area contributed by atoms with Crippen LogP contribution in [0.2, 0.25) is 0 Å². The summed E-state index contributed by atoms with van der Waals surface area (Å²) in [4.78, 5) is 24.8. The molecule has 1 aromatic carbocycles. The van der Waals surface area contributed by atoms with Crippen LogP contribution < -0.4 is 0 Å². The van der Waals surface area contributed by atoms with E-state index >= 15 is 0 Å². The molecule has 0 N–H and O–H groups in total. The predicted octanol–water partition coefficient (Wildman–Crippen LogP) is 9.08. The Bertz CT molecular complexity index is 733. The summed E-state index contributed by atoms with van der Waals surface area (Å²) in [5.41, 5.74) is 2.13. The third-order valence-corrected chi connectivity index (χ3v) is 6.37. The summed E-state index contributed by atoms with van der Waals surface area (Å²) < 4.78 is 10.8. The Morgan fingerprint density at radius 2 is 1.29 bits per heavy atom. The minimum absolute atomic E-state index is 0.375. The van der Waals surface area contributed by atoms with E-state index in [0.29, 0.717) is 30.3 Å². The van der Waals surface area contributed by atoms with Gasteiger partial charge in [-0.15, -0.1) is 0 Å². The van der Waals surface area contributed by atoms with Crippen molar-refractivity contribution in [2.75, 3.05) is 13.2 Å². The van der Waals surface area contributed by atoms with Gasteiger partial charge < -0.3 is 9.47 Å². The summed E-state index contributed by atoms with van der Waals surface area (Å²) in [6, 6.07) is 6.65. The van der Waals surface area contributed by atoms with Crippen LogP contribution in [0.5, 0.6) is 0 Å². The molecule has 4 nitrogen and oxygen atoms in total. The molecule has 0 amide bonds. The van der Waals surface area contributed by atoms with Crippen molar-refractivity contribution in [2.24, 2.45) is 5.92 Å². The van der Waals surface area contributed by atoms with Gasteiger partial charge >= 0.3 is 11.9 Å². The van der Waals surface area contributed by atoms with Crippen LogP contribution in [0.15, 0.2) is 35.9 Å². The number of carbonyl (C=O) groups is 2. The zero-order valence-corrected chi connectivity index (χ0v) is 22.9. The van der Waals surface area contributed by atoms with Gasteiger partial charge in [-0.3, -0.25) is 0 Å². The molecule has 1 rings (SSSR count). The first kappa shape index (κ1) is 30.9. The van der Waals surface area contributed by atoms with Crippen LogP contribution >= 0.6 is 0 Å². The van der Waals surface area contributed by atoms with E-state index in [4.69, 9.17) is 9.47 Å². The van der Waals surface area contributed by atoms with Crippen LogP contribution in [-0.4, -0.2) is 25.2 Å². The maximum Gasteiger partial charge on any atom is 0.338 e. The molecule has 4 heteroatoms. The molecule has 0 fully saturated rings.